The van der Waals surface area contributed by atoms with Gasteiger partial charge in [0.1, 0.15) is 0 Å². The van der Waals surface area contributed by atoms with Gasteiger partial charge in [0.2, 0.25) is 15.9 Å². The number of carbonyl (C=O) groups is 1. The molecule has 0 atom stereocenters. The number of nitrogens with one attached hydrogen (secondary N) is 2. The quantitative estimate of drug-likeness (QED) is 0.508. The largest absolute Gasteiger partial charge is 0.331 e. The maximum absolute atomic E-state index is 12.5. The smallest absolute Gasteiger partial charge is 0.243 e. The van der Waals surface area contributed by atoms with Gasteiger partial charge in [-0.25, -0.2) is 18.4 Å². The second kappa shape index (κ2) is 8.42. The van der Waals surface area contributed by atoms with Crippen LogP contribution in [0.4, 0.5) is 5.69 Å². The third kappa shape index (κ3) is 4.63. The van der Waals surface area contributed by atoms with E-state index < -0.39 is 10.0 Å². The first-order chi connectivity index (χ1) is 13.9. The van der Waals surface area contributed by atoms with Crippen LogP contribution < -0.4 is 5.32 Å². The zero-order valence-electron chi connectivity index (χ0n) is 15.3. The molecule has 1 amide bonds. The number of hydrogen-bond donors (Lipinski definition) is 2. The van der Waals surface area contributed by atoms with E-state index in [9.17, 15) is 13.2 Å². The van der Waals surface area contributed by atoms with Crippen LogP contribution in [0.2, 0.25) is 0 Å². The van der Waals surface area contributed by atoms with E-state index >= 15 is 0 Å². The predicted molar refractivity (Wildman–Crippen MR) is 115 cm³/mol. The van der Waals surface area contributed by atoms with E-state index in [1.807, 2.05) is 6.07 Å². The van der Waals surface area contributed by atoms with E-state index in [4.69, 9.17) is 0 Å². The summed E-state index contributed by atoms with van der Waals surface area (Å²) < 4.78 is 27.4. The Morgan fingerprint density at radius 2 is 1.97 bits per heavy atom. The molecule has 0 spiro atoms. The molecule has 0 unspecified atom stereocenters. The summed E-state index contributed by atoms with van der Waals surface area (Å²) >= 11 is 4.62. The molecular weight excluding hydrogens is 478 g/mol. The molecule has 152 valence electrons. The number of fused-ring (bicyclic) bond motifs is 1. The number of halogens is 1. The number of H-pyrrole nitrogens is 1. The van der Waals surface area contributed by atoms with E-state index in [1.165, 1.54) is 28.2 Å². The first-order valence-electron chi connectivity index (χ1n) is 8.96. The lowest BCUT2D eigenvalue weighted by atomic mass is 10.3. The molecule has 8 nitrogen and oxygen atoms in total. The predicted octanol–water partition coefficient (Wildman–Crippen LogP) is 3.24. The van der Waals surface area contributed by atoms with Crippen LogP contribution in [0.15, 0.2) is 51.1 Å². The third-order valence-corrected chi connectivity index (χ3v) is 7.68. The Hall–Kier alpha value is -1.95. The van der Waals surface area contributed by atoms with Crippen molar-refractivity contribution in [2.45, 2.75) is 22.9 Å². The van der Waals surface area contributed by atoms with Gasteiger partial charge in [-0.2, -0.15) is 4.31 Å². The Balaban J connectivity index is 1.35. The minimum Gasteiger partial charge on any atom is -0.331 e. The lowest BCUT2D eigenvalue weighted by Gasteiger charge is -2.15. The summed E-state index contributed by atoms with van der Waals surface area (Å²) in [6.45, 7) is 1.12. The van der Waals surface area contributed by atoms with Crippen molar-refractivity contribution in [1.82, 2.24) is 19.3 Å². The topological polar surface area (TPSA) is 108 Å². The van der Waals surface area contributed by atoms with E-state index in [2.05, 4.69) is 36.2 Å². The molecule has 4 rings (SSSR count). The van der Waals surface area contributed by atoms with Crippen LogP contribution >= 0.6 is 27.7 Å². The Kier molecular flexibility index (Phi) is 5.91. The van der Waals surface area contributed by atoms with Gasteiger partial charge in [-0.1, -0.05) is 11.8 Å². The fourth-order valence-electron chi connectivity index (χ4n) is 3.04. The average Bonchev–Trinajstić information content (AvgIpc) is 3.36. The van der Waals surface area contributed by atoms with Crippen LogP contribution in [0.3, 0.4) is 0 Å². The van der Waals surface area contributed by atoms with E-state index in [0.717, 1.165) is 22.8 Å². The van der Waals surface area contributed by atoms with E-state index in [0.29, 0.717) is 29.6 Å². The van der Waals surface area contributed by atoms with E-state index in [1.54, 1.807) is 18.3 Å². The fourth-order valence-corrected chi connectivity index (χ4v) is 5.56. The molecule has 0 radical (unpaired) electrons. The summed E-state index contributed by atoms with van der Waals surface area (Å²) in [5, 5.41) is 3.37. The zero-order valence-corrected chi connectivity index (χ0v) is 18.5. The van der Waals surface area contributed by atoms with Crippen LogP contribution in [0.25, 0.3) is 11.2 Å². The Bertz CT molecular complexity index is 1140. The van der Waals surface area contributed by atoms with Crippen LogP contribution in [0.5, 0.6) is 0 Å². The number of aromatic nitrogens is 3. The van der Waals surface area contributed by atoms with Crippen molar-refractivity contribution in [3.8, 4) is 0 Å². The van der Waals surface area contributed by atoms with E-state index in [-0.39, 0.29) is 16.6 Å². The van der Waals surface area contributed by atoms with Crippen molar-refractivity contribution in [3.05, 3.63) is 41.0 Å². The van der Waals surface area contributed by atoms with Gasteiger partial charge in [-0.05, 0) is 59.1 Å². The number of aromatic amines is 1. The van der Waals surface area contributed by atoms with Crippen molar-refractivity contribution in [3.63, 3.8) is 0 Å². The van der Waals surface area contributed by atoms with Gasteiger partial charge in [0.05, 0.1) is 16.2 Å². The molecule has 2 aromatic heterocycles. The fraction of sp³-hybridized carbons (Fsp3) is 0.278. The number of anilines is 1. The molecular formula is C18H18BrN5O3S2. The summed E-state index contributed by atoms with van der Waals surface area (Å²) in [6.07, 6.45) is 3.45. The van der Waals surface area contributed by atoms with Crippen LogP contribution in [-0.4, -0.2) is 52.4 Å². The molecule has 0 saturated carbocycles. The summed E-state index contributed by atoms with van der Waals surface area (Å²) in [4.78, 5) is 24.1. The number of thioether (sulfide) groups is 1. The van der Waals surface area contributed by atoms with Gasteiger partial charge in [-0.15, -0.1) is 0 Å². The first-order valence-corrected chi connectivity index (χ1v) is 12.2. The van der Waals surface area contributed by atoms with Gasteiger partial charge in [0.25, 0.3) is 0 Å². The molecule has 1 fully saturated rings. The van der Waals surface area contributed by atoms with Crippen molar-refractivity contribution >= 4 is 60.5 Å². The monoisotopic (exact) mass is 495 g/mol. The number of benzene rings is 1. The number of hydrogen-bond acceptors (Lipinski definition) is 6. The lowest BCUT2D eigenvalue weighted by Crippen LogP contribution is -2.27. The van der Waals surface area contributed by atoms with Gasteiger partial charge in [0.15, 0.2) is 10.8 Å². The molecule has 3 heterocycles. The molecule has 0 bridgehead atoms. The highest BCUT2D eigenvalue weighted by molar-refractivity contribution is 9.10. The molecule has 3 aromatic rings. The van der Waals surface area contributed by atoms with Crippen LogP contribution in [0.1, 0.15) is 12.8 Å². The number of carbonyl (C=O) groups excluding carboxylic acids is 1. The number of pyridine rings is 1. The van der Waals surface area contributed by atoms with Crippen LogP contribution in [0, 0.1) is 0 Å². The first kappa shape index (κ1) is 20.3. The summed E-state index contributed by atoms with van der Waals surface area (Å²) in [5.41, 5.74) is 1.93. The molecule has 29 heavy (non-hydrogen) atoms. The summed E-state index contributed by atoms with van der Waals surface area (Å²) in [6, 6.07) is 8.14. The number of sulfonamides is 1. The molecule has 2 N–H and O–H groups in total. The SMILES string of the molecule is O=C(CSc1nc2ncc(Br)cc2[nH]1)Nc1ccc(S(=O)(=O)N2CCCC2)cc1. The number of imidazole rings is 1. The second-order valence-electron chi connectivity index (χ2n) is 6.54. The molecule has 0 aliphatic carbocycles. The van der Waals surface area contributed by atoms with Crippen molar-refractivity contribution in [1.29, 1.82) is 0 Å². The van der Waals surface area contributed by atoms with Gasteiger partial charge in [-0.3, -0.25) is 4.79 Å². The number of nitrogens with zero attached hydrogens (tertiary/aromatic N) is 3. The molecule has 1 aliphatic rings. The number of amides is 1. The highest BCUT2D eigenvalue weighted by Gasteiger charge is 2.26. The maximum atomic E-state index is 12.5. The molecule has 1 saturated heterocycles. The van der Waals surface area contributed by atoms with Gasteiger partial charge < -0.3 is 10.3 Å². The molecule has 1 aromatic carbocycles. The third-order valence-electron chi connectivity index (χ3n) is 4.46. The highest BCUT2D eigenvalue weighted by atomic mass is 79.9. The van der Waals surface area contributed by atoms with Crippen LogP contribution in [-0.2, 0) is 14.8 Å². The normalized spacial score (nSPS) is 15.1. The number of rotatable bonds is 6. The summed E-state index contributed by atoms with van der Waals surface area (Å²) in [7, 11) is -3.45. The Morgan fingerprint density at radius 3 is 2.69 bits per heavy atom. The van der Waals surface area contributed by atoms with Gasteiger partial charge in [0, 0.05) is 29.4 Å². The summed E-state index contributed by atoms with van der Waals surface area (Å²) in [5.74, 6) is -0.0470. The van der Waals surface area contributed by atoms with Gasteiger partial charge >= 0.3 is 0 Å². The molecule has 11 heteroatoms. The molecule has 1 aliphatic heterocycles. The highest BCUT2D eigenvalue weighted by Crippen LogP contribution is 2.23. The maximum Gasteiger partial charge on any atom is 0.243 e. The van der Waals surface area contributed by atoms with Crippen molar-refractivity contribution in [2.75, 3.05) is 24.2 Å². The lowest BCUT2D eigenvalue weighted by molar-refractivity contribution is -0.113. The minimum absolute atomic E-state index is 0.162. The average molecular weight is 496 g/mol. The second-order valence-corrected chi connectivity index (χ2v) is 10.4. The minimum atomic E-state index is -3.45. The Labute approximate surface area is 180 Å². The Morgan fingerprint density at radius 1 is 1.24 bits per heavy atom. The standard InChI is InChI=1S/C18H18BrN5O3S2/c19-12-9-15-17(20-10-12)23-18(22-15)28-11-16(25)21-13-3-5-14(6-4-13)29(26,27)24-7-1-2-8-24/h3-6,9-10H,1-2,7-8,11H2,(H,21,25)(H,20,22,23). The van der Waals surface area contributed by atoms with Crippen molar-refractivity contribution in [2.24, 2.45) is 0 Å². The zero-order chi connectivity index (χ0) is 20.4. The van der Waals surface area contributed by atoms with Crippen molar-refractivity contribution < 1.29 is 13.2 Å².